The molecule has 0 spiro atoms. The molecule has 0 aromatic heterocycles. The Morgan fingerprint density at radius 2 is 1.78 bits per heavy atom. The first-order valence-corrected chi connectivity index (χ1v) is 13.5. The van der Waals surface area contributed by atoms with E-state index in [0.717, 1.165) is 42.6 Å². The van der Waals surface area contributed by atoms with Gasteiger partial charge in [-0.15, -0.1) is 0 Å². The normalized spacial score (nSPS) is 41.8. The van der Waals surface area contributed by atoms with E-state index in [1.807, 2.05) is 11.8 Å². The highest BCUT2D eigenvalue weighted by Crippen LogP contribution is 2.66. The molecule has 4 heteroatoms. The van der Waals surface area contributed by atoms with Crippen LogP contribution < -0.4 is 0 Å². The van der Waals surface area contributed by atoms with Crippen molar-refractivity contribution in [1.82, 2.24) is 4.90 Å². The quantitative estimate of drug-likeness (QED) is 0.523. The fraction of sp³-hybridized carbons (Fsp3) is 0.857. The molecule has 4 fully saturated rings. The van der Waals surface area contributed by atoms with Gasteiger partial charge in [-0.1, -0.05) is 32.8 Å². The zero-order valence-electron chi connectivity index (χ0n) is 20.5. The van der Waals surface area contributed by atoms with Crippen molar-refractivity contribution in [3.63, 3.8) is 0 Å². The molecule has 1 aliphatic heterocycles. The zero-order valence-corrected chi connectivity index (χ0v) is 20.5. The molecule has 0 aromatic carbocycles. The van der Waals surface area contributed by atoms with Gasteiger partial charge in [0, 0.05) is 24.1 Å². The van der Waals surface area contributed by atoms with E-state index in [1.54, 1.807) is 0 Å². The van der Waals surface area contributed by atoms with Crippen LogP contribution >= 0.6 is 0 Å². The van der Waals surface area contributed by atoms with Gasteiger partial charge in [-0.2, -0.15) is 0 Å². The Labute approximate surface area is 194 Å². The summed E-state index contributed by atoms with van der Waals surface area (Å²) in [6.07, 6.45) is 15.9. The van der Waals surface area contributed by atoms with Crippen LogP contribution in [0.25, 0.3) is 0 Å². The maximum Gasteiger partial charge on any atom is 0.309 e. The van der Waals surface area contributed by atoms with Gasteiger partial charge < -0.3 is 9.64 Å². The van der Waals surface area contributed by atoms with Crippen LogP contribution in [0.5, 0.6) is 0 Å². The molecule has 0 N–H and O–H groups in total. The molecular weight excluding hydrogens is 398 g/mol. The van der Waals surface area contributed by atoms with E-state index in [-0.39, 0.29) is 23.2 Å². The van der Waals surface area contributed by atoms with E-state index in [1.165, 1.54) is 51.4 Å². The maximum absolute atomic E-state index is 13.7. The summed E-state index contributed by atoms with van der Waals surface area (Å²) in [6.45, 7) is 8.70. The van der Waals surface area contributed by atoms with Gasteiger partial charge in [-0.05, 0) is 93.8 Å². The molecule has 6 atom stereocenters. The van der Waals surface area contributed by atoms with Crippen LogP contribution in [-0.2, 0) is 14.3 Å². The van der Waals surface area contributed by atoms with Crippen LogP contribution in [-0.4, -0.2) is 36.5 Å². The Morgan fingerprint density at radius 3 is 2.53 bits per heavy atom. The first kappa shape index (κ1) is 22.5. The van der Waals surface area contributed by atoms with E-state index in [0.29, 0.717) is 31.0 Å². The van der Waals surface area contributed by atoms with Gasteiger partial charge in [0.1, 0.15) is 0 Å². The number of nitrogens with zero attached hydrogens (tertiary/aromatic N) is 1. The lowest BCUT2D eigenvalue weighted by Crippen LogP contribution is -2.53. The molecular formula is C28H43NO3. The van der Waals surface area contributed by atoms with Crippen molar-refractivity contribution in [2.45, 2.75) is 91.4 Å². The molecule has 0 bridgehead atoms. The van der Waals surface area contributed by atoms with Gasteiger partial charge in [0.2, 0.25) is 5.91 Å². The van der Waals surface area contributed by atoms with E-state index in [4.69, 9.17) is 4.74 Å². The highest BCUT2D eigenvalue weighted by atomic mass is 16.5. The number of carbonyl (C=O) groups is 2. The predicted molar refractivity (Wildman–Crippen MR) is 126 cm³/mol. The summed E-state index contributed by atoms with van der Waals surface area (Å²) in [4.78, 5) is 27.8. The molecule has 3 saturated carbocycles. The third-order valence-corrected chi connectivity index (χ3v) is 10.8. The van der Waals surface area contributed by atoms with Crippen molar-refractivity contribution in [3.05, 3.63) is 11.6 Å². The molecule has 1 saturated heterocycles. The second-order valence-corrected chi connectivity index (χ2v) is 12.0. The zero-order chi connectivity index (χ0) is 22.5. The van der Waals surface area contributed by atoms with Crippen LogP contribution in [0.4, 0.5) is 0 Å². The minimum Gasteiger partial charge on any atom is -0.466 e. The Hall–Kier alpha value is -1.32. The van der Waals surface area contributed by atoms with Crippen molar-refractivity contribution in [2.24, 2.45) is 40.4 Å². The van der Waals surface area contributed by atoms with Crippen LogP contribution in [0.3, 0.4) is 0 Å². The average molecular weight is 442 g/mol. The van der Waals surface area contributed by atoms with Crippen LogP contribution in [0.1, 0.15) is 91.4 Å². The number of rotatable bonds is 3. The van der Waals surface area contributed by atoms with Gasteiger partial charge in [-0.3, -0.25) is 9.59 Å². The van der Waals surface area contributed by atoms with Gasteiger partial charge in [0.25, 0.3) is 0 Å². The number of fused-ring (bicyclic) bond motifs is 5. The van der Waals surface area contributed by atoms with Crippen molar-refractivity contribution in [1.29, 1.82) is 0 Å². The number of piperidine rings is 1. The van der Waals surface area contributed by atoms with Crippen molar-refractivity contribution < 1.29 is 14.3 Å². The molecule has 1 unspecified atom stereocenters. The molecule has 4 aliphatic carbocycles. The Balaban J connectivity index is 1.27. The van der Waals surface area contributed by atoms with Gasteiger partial charge >= 0.3 is 5.97 Å². The third kappa shape index (κ3) is 3.46. The molecule has 5 aliphatic rings. The molecule has 1 heterocycles. The Morgan fingerprint density at radius 1 is 1.00 bits per heavy atom. The molecule has 0 aromatic rings. The number of likely N-dealkylation sites (tertiary alicyclic amines) is 1. The third-order valence-electron chi connectivity index (χ3n) is 10.8. The van der Waals surface area contributed by atoms with E-state index >= 15 is 0 Å². The summed E-state index contributed by atoms with van der Waals surface area (Å²) in [6, 6.07) is 0. The smallest absolute Gasteiger partial charge is 0.309 e. The number of ether oxygens (including phenoxy) is 1. The number of hydrogen-bond acceptors (Lipinski definition) is 3. The Bertz CT molecular complexity index is 782. The number of hydrogen-bond donors (Lipinski definition) is 0. The first-order chi connectivity index (χ1) is 15.4. The summed E-state index contributed by atoms with van der Waals surface area (Å²) in [5.74, 6) is 3.38. The lowest BCUT2D eigenvalue weighted by Gasteiger charge is -2.60. The van der Waals surface area contributed by atoms with Crippen molar-refractivity contribution in [2.75, 3.05) is 19.7 Å². The largest absolute Gasteiger partial charge is 0.466 e. The highest BCUT2D eigenvalue weighted by Gasteiger charge is 2.59. The summed E-state index contributed by atoms with van der Waals surface area (Å²) in [5, 5.41) is 0. The first-order valence-electron chi connectivity index (χ1n) is 13.5. The van der Waals surface area contributed by atoms with E-state index < -0.39 is 0 Å². The standard InChI is InChI=1S/C28H43NO3/c1-4-32-26(31)19-13-17-29(18-14-19)25(30)24-11-10-22-21-9-8-20-7-5-6-15-27(20,2)23(21)12-16-28(22,24)3/h11,19-23H,4-10,12-18H2,1-3H3/t20?,21-,22-,23-,27-,28-/m0/s1. The summed E-state index contributed by atoms with van der Waals surface area (Å²) in [7, 11) is 0. The average Bonchev–Trinajstić information content (AvgIpc) is 3.15. The van der Waals surface area contributed by atoms with Crippen LogP contribution in [0.2, 0.25) is 0 Å². The maximum atomic E-state index is 13.7. The van der Waals surface area contributed by atoms with E-state index in [9.17, 15) is 9.59 Å². The topological polar surface area (TPSA) is 46.6 Å². The van der Waals surface area contributed by atoms with Crippen LogP contribution in [0.15, 0.2) is 11.6 Å². The number of allylic oxidation sites excluding steroid dienone is 1. The van der Waals surface area contributed by atoms with Crippen molar-refractivity contribution >= 4 is 11.9 Å². The van der Waals surface area contributed by atoms with Gasteiger partial charge in [-0.25, -0.2) is 0 Å². The molecule has 178 valence electrons. The fourth-order valence-corrected chi connectivity index (χ4v) is 8.94. The monoisotopic (exact) mass is 441 g/mol. The minimum absolute atomic E-state index is 0.0400. The van der Waals surface area contributed by atoms with Gasteiger partial charge in [0.15, 0.2) is 0 Å². The summed E-state index contributed by atoms with van der Waals surface area (Å²) < 4.78 is 5.21. The van der Waals surface area contributed by atoms with Gasteiger partial charge in [0.05, 0.1) is 12.5 Å². The molecule has 4 nitrogen and oxygen atoms in total. The number of carbonyl (C=O) groups excluding carboxylic acids is 2. The second kappa shape index (κ2) is 8.47. The van der Waals surface area contributed by atoms with E-state index in [2.05, 4.69) is 19.9 Å². The SMILES string of the molecule is CCOC(=O)C1CCN(C(=O)C2=CC[C@H]3[C@@H]4CCC5CCCC[C@]5(C)[C@H]4CC[C@]23C)CC1. The van der Waals surface area contributed by atoms with Crippen LogP contribution in [0, 0.1) is 40.4 Å². The lowest BCUT2D eigenvalue weighted by molar-refractivity contribution is -0.151. The number of esters is 1. The summed E-state index contributed by atoms with van der Waals surface area (Å²) in [5.41, 5.74) is 1.70. The molecule has 5 rings (SSSR count). The molecule has 32 heavy (non-hydrogen) atoms. The lowest BCUT2D eigenvalue weighted by atomic mass is 9.45. The predicted octanol–water partition coefficient (Wildman–Crippen LogP) is 5.76. The second-order valence-electron chi connectivity index (χ2n) is 12.0. The van der Waals surface area contributed by atoms with Crippen molar-refractivity contribution in [3.8, 4) is 0 Å². The molecule has 1 amide bonds. The highest BCUT2D eigenvalue weighted by molar-refractivity contribution is 5.95. The summed E-state index contributed by atoms with van der Waals surface area (Å²) >= 11 is 0. The fourth-order valence-electron chi connectivity index (χ4n) is 8.94. The molecule has 0 radical (unpaired) electrons. The number of amides is 1. The Kier molecular flexibility index (Phi) is 5.95. The minimum atomic E-state index is -0.0863.